The van der Waals surface area contributed by atoms with Crippen LogP contribution in [0.2, 0.25) is 0 Å². The molecule has 2 amide bonds. The number of nitrogens with one attached hydrogen (secondary N) is 2. The first kappa shape index (κ1) is 25.4. The van der Waals surface area contributed by atoms with Crippen LogP contribution in [0.25, 0.3) is 11.3 Å². The first-order valence-electron chi connectivity index (χ1n) is 12.4. The predicted octanol–water partition coefficient (Wildman–Crippen LogP) is 4.88. The number of aromatic nitrogens is 2. The van der Waals surface area contributed by atoms with E-state index in [0.717, 1.165) is 28.1 Å². The Balaban J connectivity index is 1.79. The summed E-state index contributed by atoms with van der Waals surface area (Å²) in [6.45, 7) is 8.13. The number of carbonyl (C=O) groups excluding carboxylic acids is 3. The number of aromatic amines is 1. The lowest BCUT2D eigenvalue weighted by Gasteiger charge is -2.35. The molecular weight excluding hydrogens is 452 g/mol. The molecule has 0 saturated heterocycles. The molecule has 0 fully saturated rings. The van der Waals surface area contributed by atoms with E-state index in [1.165, 1.54) is 6.92 Å². The predicted molar refractivity (Wildman–Crippen MR) is 141 cm³/mol. The van der Waals surface area contributed by atoms with Gasteiger partial charge in [0, 0.05) is 62.8 Å². The Morgan fingerprint density at radius 1 is 1.17 bits per heavy atom. The molecule has 0 bridgehead atoms. The summed E-state index contributed by atoms with van der Waals surface area (Å²) in [5.41, 5.74) is 4.31. The number of H-pyrrole nitrogens is 1. The number of benzene rings is 1. The highest BCUT2D eigenvalue weighted by molar-refractivity contribution is 6.05. The Kier molecular flexibility index (Phi) is 7.11. The molecule has 1 atom stereocenters. The van der Waals surface area contributed by atoms with Gasteiger partial charge in [0.1, 0.15) is 5.82 Å². The zero-order valence-electron chi connectivity index (χ0n) is 21.6. The van der Waals surface area contributed by atoms with E-state index in [2.05, 4.69) is 29.1 Å². The molecule has 1 aliphatic carbocycles. The second-order valence-electron chi connectivity index (χ2n) is 10.5. The number of ketones is 1. The van der Waals surface area contributed by atoms with Crippen LogP contribution in [0.1, 0.15) is 61.3 Å². The van der Waals surface area contributed by atoms with Crippen LogP contribution in [0.4, 0.5) is 5.82 Å². The number of hydrogen-bond acceptors (Lipinski definition) is 4. The van der Waals surface area contributed by atoms with E-state index in [9.17, 15) is 14.4 Å². The van der Waals surface area contributed by atoms with Gasteiger partial charge in [-0.25, -0.2) is 4.98 Å². The molecule has 36 heavy (non-hydrogen) atoms. The quantitative estimate of drug-likeness (QED) is 0.498. The Bertz CT molecular complexity index is 1300. The van der Waals surface area contributed by atoms with Gasteiger partial charge in [-0.3, -0.25) is 14.4 Å². The maximum Gasteiger partial charge on any atom is 0.229 e. The van der Waals surface area contributed by atoms with Crippen molar-refractivity contribution in [3.63, 3.8) is 0 Å². The lowest BCUT2D eigenvalue weighted by Crippen LogP contribution is -2.46. The van der Waals surface area contributed by atoms with Crippen molar-refractivity contribution < 1.29 is 14.4 Å². The van der Waals surface area contributed by atoms with Gasteiger partial charge in [0.15, 0.2) is 5.78 Å². The molecule has 188 valence electrons. The summed E-state index contributed by atoms with van der Waals surface area (Å²) in [5, 5.41) is 2.73. The van der Waals surface area contributed by atoms with Crippen LogP contribution in [0.15, 0.2) is 48.7 Å². The van der Waals surface area contributed by atoms with E-state index in [-0.39, 0.29) is 24.0 Å². The van der Waals surface area contributed by atoms with E-state index >= 15 is 0 Å². The number of carbonyl (C=O) groups is 3. The fraction of sp³-hybridized carbons (Fsp3) is 0.379. The van der Waals surface area contributed by atoms with Crippen molar-refractivity contribution in [1.82, 2.24) is 14.9 Å². The lowest BCUT2D eigenvalue weighted by atomic mass is 9.72. The van der Waals surface area contributed by atoms with Crippen molar-refractivity contribution in [3.8, 4) is 11.3 Å². The minimum atomic E-state index is -0.806. The van der Waals surface area contributed by atoms with Gasteiger partial charge in [0.25, 0.3) is 0 Å². The van der Waals surface area contributed by atoms with Gasteiger partial charge in [-0.1, -0.05) is 44.2 Å². The van der Waals surface area contributed by atoms with Crippen LogP contribution in [-0.2, 0) is 22.4 Å². The average Bonchev–Trinajstić information content (AvgIpc) is 3.16. The zero-order valence-corrected chi connectivity index (χ0v) is 21.6. The smallest absolute Gasteiger partial charge is 0.229 e. The highest BCUT2D eigenvalue weighted by atomic mass is 16.2. The number of nitrogens with zero attached hydrogens (tertiary/aromatic N) is 2. The zero-order chi connectivity index (χ0) is 26.0. The van der Waals surface area contributed by atoms with Crippen molar-refractivity contribution in [2.24, 2.45) is 11.3 Å². The number of hydrogen-bond donors (Lipinski definition) is 2. The lowest BCUT2D eigenvalue weighted by molar-refractivity contribution is -0.140. The largest absolute Gasteiger partial charge is 0.358 e. The van der Waals surface area contributed by atoms with E-state index in [1.807, 2.05) is 50.4 Å². The van der Waals surface area contributed by atoms with Gasteiger partial charge >= 0.3 is 0 Å². The maximum atomic E-state index is 13.7. The second kappa shape index (κ2) is 10.1. The Labute approximate surface area is 212 Å². The summed E-state index contributed by atoms with van der Waals surface area (Å²) in [7, 11) is 1.81. The van der Waals surface area contributed by atoms with Gasteiger partial charge in [0.05, 0.1) is 11.1 Å². The molecule has 0 saturated carbocycles. The summed E-state index contributed by atoms with van der Waals surface area (Å²) in [6.07, 6.45) is 2.85. The SMILES string of the molecule is CC(=O)Nc1cc(-c2[nH]c3c(c2Cc2ccccc2)C(=O)CC(C)(C(=O)N(C)CC(C)C)C3)ccn1. The topological polar surface area (TPSA) is 95.2 Å². The standard InChI is InChI=1S/C29H34N4O3/c1-18(2)17-33(5)28(36)29(4)15-23-26(24(35)16-29)22(13-20-9-7-6-8-10-20)27(32-23)21-11-12-30-25(14-21)31-19(3)34/h6-12,14,18,32H,13,15-17H2,1-5H3,(H,30,31,34). The van der Waals surface area contributed by atoms with Crippen LogP contribution < -0.4 is 5.32 Å². The number of Topliss-reactive ketones (excluding diaryl/α,β-unsaturated/α-hetero) is 1. The van der Waals surface area contributed by atoms with E-state index < -0.39 is 5.41 Å². The van der Waals surface area contributed by atoms with Gasteiger partial charge < -0.3 is 15.2 Å². The molecule has 1 aromatic carbocycles. The molecule has 2 aromatic heterocycles. The van der Waals surface area contributed by atoms with Crippen molar-refractivity contribution in [2.45, 2.75) is 47.0 Å². The molecule has 1 aliphatic rings. The summed E-state index contributed by atoms with van der Waals surface area (Å²) < 4.78 is 0. The van der Waals surface area contributed by atoms with Crippen molar-refractivity contribution >= 4 is 23.4 Å². The second-order valence-corrected chi connectivity index (χ2v) is 10.5. The van der Waals surface area contributed by atoms with Crippen LogP contribution in [0.3, 0.4) is 0 Å². The van der Waals surface area contributed by atoms with Crippen LogP contribution in [0, 0.1) is 11.3 Å². The molecule has 1 unspecified atom stereocenters. The van der Waals surface area contributed by atoms with E-state index in [4.69, 9.17) is 0 Å². The van der Waals surface area contributed by atoms with Gasteiger partial charge in [-0.05, 0) is 36.1 Å². The Hall–Kier alpha value is -3.74. The molecule has 7 heteroatoms. The third kappa shape index (κ3) is 5.25. The molecule has 3 aromatic rings. The molecule has 4 rings (SSSR count). The number of amides is 2. The number of anilines is 1. The number of fused-ring (bicyclic) bond motifs is 1. The van der Waals surface area contributed by atoms with E-state index in [1.54, 1.807) is 17.2 Å². The minimum absolute atomic E-state index is 0.00665. The number of rotatable bonds is 7. The van der Waals surface area contributed by atoms with Crippen molar-refractivity contribution in [1.29, 1.82) is 0 Å². The highest BCUT2D eigenvalue weighted by Crippen LogP contribution is 2.41. The Morgan fingerprint density at radius 2 is 1.89 bits per heavy atom. The van der Waals surface area contributed by atoms with Gasteiger partial charge in [-0.2, -0.15) is 0 Å². The fourth-order valence-electron chi connectivity index (χ4n) is 5.26. The molecule has 0 spiro atoms. The average molecular weight is 487 g/mol. The monoisotopic (exact) mass is 486 g/mol. The summed E-state index contributed by atoms with van der Waals surface area (Å²) >= 11 is 0. The molecule has 0 radical (unpaired) electrons. The minimum Gasteiger partial charge on any atom is -0.358 e. The van der Waals surface area contributed by atoms with Gasteiger partial charge in [-0.15, -0.1) is 0 Å². The third-order valence-corrected chi connectivity index (χ3v) is 6.66. The van der Waals surface area contributed by atoms with Crippen LogP contribution in [-0.4, -0.2) is 46.1 Å². The van der Waals surface area contributed by atoms with Gasteiger partial charge in [0.2, 0.25) is 11.8 Å². The molecule has 0 aliphatic heterocycles. The van der Waals surface area contributed by atoms with Crippen molar-refractivity contribution in [3.05, 3.63) is 71.0 Å². The third-order valence-electron chi connectivity index (χ3n) is 6.66. The molecule has 2 heterocycles. The van der Waals surface area contributed by atoms with Crippen LogP contribution >= 0.6 is 0 Å². The molecule has 7 nitrogen and oxygen atoms in total. The van der Waals surface area contributed by atoms with Crippen molar-refractivity contribution in [2.75, 3.05) is 18.9 Å². The molecular formula is C29H34N4O3. The number of pyridine rings is 1. The first-order valence-corrected chi connectivity index (χ1v) is 12.4. The van der Waals surface area contributed by atoms with E-state index in [0.29, 0.717) is 36.7 Å². The first-order chi connectivity index (χ1) is 17.1. The normalized spacial score (nSPS) is 17.1. The fourth-order valence-corrected chi connectivity index (χ4v) is 5.26. The highest BCUT2D eigenvalue weighted by Gasteiger charge is 2.44. The summed E-state index contributed by atoms with van der Waals surface area (Å²) in [5.74, 6) is 0.559. The summed E-state index contributed by atoms with van der Waals surface area (Å²) in [4.78, 5) is 48.2. The molecule has 2 N–H and O–H groups in total. The maximum absolute atomic E-state index is 13.7. The Morgan fingerprint density at radius 3 is 2.56 bits per heavy atom. The summed E-state index contributed by atoms with van der Waals surface area (Å²) in [6, 6.07) is 13.7. The van der Waals surface area contributed by atoms with Crippen LogP contribution in [0.5, 0.6) is 0 Å².